The van der Waals surface area contributed by atoms with E-state index in [1.54, 1.807) is 0 Å². The highest BCUT2D eigenvalue weighted by atomic mass is 16.8. The van der Waals surface area contributed by atoms with Crippen LogP contribution in [0.1, 0.15) is 92.4 Å². The van der Waals surface area contributed by atoms with Crippen molar-refractivity contribution in [2.75, 3.05) is 33.0 Å². The van der Waals surface area contributed by atoms with Crippen molar-refractivity contribution in [3.05, 3.63) is 11.6 Å². The van der Waals surface area contributed by atoms with Gasteiger partial charge >= 0.3 is 0 Å². The quantitative estimate of drug-likeness (QED) is 0.0571. The van der Waals surface area contributed by atoms with Crippen LogP contribution in [-0.2, 0) is 52.1 Å². The minimum absolute atomic E-state index is 0.106. The molecular formula is C57H94O28. The molecule has 36 atom stereocenters. The van der Waals surface area contributed by atoms with Gasteiger partial charge in [0.2, 0.25) is 0 Å². The van der Waals surface area contributed by atoms with Crippen LogP contribution in [0.2, 0.25) is 0 Å². The molecule has 0 unspecified atom stereocenters. The van der Waals surface area contributed by atoms with Crippen molar-refractivity contribution >= 4 is 0 Å². The van der Waals surface area contributed by atoms with Crippen LogP contribution in [0.4, 0.5) is 0 Å². The van der Waals surface area contributed by atoms with E-state index in [4.69, 9.17) is 52.1 Å². The van der Waals surface area contributed by atoms with Crippen molar-refractivity contribution in [3.63, 3.8) is 0 Å². The van der Waals surface area contributed by atoms with Gasteiger partial charge in [-0.25, -0.2) is 0 Å². The van der Waals surface area contributed by atoms with E-state index in [2.05, 4.69) is 26.8 Å². The van der Waals surface area contributed by atoms with Gasteiger partial charge in [-0.2, -0.15) is 0 Å². The Labute approximate surface area is 492 Å². The number of aliphatic hydroxyl groups is 17. The molecule has 4 aliphatic carbocycles. The predicted octanol–water partition coefficient (Wildman–Crippen LogP) is -5.18. The third-order valence-corrected chi connectivity index (χ3v) is 21.6. The van der Waals surface area contributed by atoms with Gasteiger partial charge in [-0.05, 0) is 98.7 Å². The minimum Gasteiger partial charge on any atom is -0.394 e. The number of fused-ring (bicyclic) bond motifs is 7. The van der Waals surface area contributed by atoms with E-state index < -0.39 is 192 Å². The fourth-order valence-corrected chi connectivity index (χ4v) is 16.5. The molecule has 0 radical (unpaired) electrons. The van der Waals surface area contributed by atoms with E-state index in [1.165, 1.54) is 12.5 Å². The zero-order valence-electron chi connectivity index (χ0n) is 48.6. The second-order valence-corrected chi connectivity index (χ2v) is 26.6. The summed E-state index contributed by atoms with van der Waals surface area (Å²) >= 11 is 0. The summed E-state index contributed by atoms with van der Waals surface area (Å²) in [5, 5.41) is 183. The Hall–Kier alpha value is -1.38. The molecule has 490 valence electrons. The molecule has 6 aliphatic heterocycles. The number of hydrogen-bond donors (Lipinski definition) is 17. The summed E-state index contributed by atoms with van der Waals surface area (Å²) in [7, 11) is 0. The molecule has 0 bridgehead atoms. The van der Waals surface area contributed by atoms with Gasteiger partial charge in [0.25, 0.3) is 0 Å². The molecule has 17 N–H and O–H groups in total. The van der Waals surface area contributed by atoms with Gasteiger partial charge < -0.3 is 139 Å². The topological polar surface area (TPSA) is 445 Å². The van der Waals surface area contributed by atoms with Crippen LogP contribution in [0, 0.1) is 46.3 Å². The first-order valence-electron chi connectivity index (χ1n) is 30.4. The summed E-state index contributed by atoms with van der Waals surface area (Å²) in [6.07, 6.45) is -33.3. The van der Waals surface area contributed by atoms with Crippen LogP contribution in [-0.4, -0.2) is 291 Å². The zero-order valence-corrected chi connectivity index (χ0v) is 48.6. The van der Waals surface area contributed by atoms with Crippen LogP contribution < -0.4 is 0 Å². The summed E-state index contributed by atoms with van der Waals surface area (Å²) in [4.78, 5) is 0. The van der Waals surface area contributed by atoms with Crippen molar-refractivity contribution in [1.29, 1.82) is 0 Å². The summed E-state index contributed by atoms with van der Waals surface area (Å²) in [5.74, 6) is -0.555. The van der Waals surface area contributed by atoms with Gasteiger partial charge in [-0.3, -0.25) is 0 Å². The first-order chi connectivity index (χ1) is 40.2. The second-order valence-electron chi connectivity index (χ2n) is 26.6. The van der Waals surface area contributed by atoms with E-state index in [9.17, 15) is 86.8 Å². The fraction of sp³-hybridized carbons (Fsp3) is 0.965. The van der Waals surface area contributed by atoms with E-state index in [0.717, 1.165) is 32.1 Å². The maximum Gasteiger partial charge on any atom is 0.187 e. The number of aliphatic hydroxyl groups excluding tert-OH is 16. The monoisotopic (exact) mass is 1230 g/mol. The van der Waals surface area contributed by atoms with Crippen molar-refractivity contribution in [3.8, 4) is 0 Å². The Balaban J connectivity index is 0.803. The molecule has 10 rings (SSSR count). The molecule has 0 aromatic rings. The molecule has 0 aromatic carbocycles. The van der Waals surface area contributed by atoms with Crippen molar-refractivity contribution in [2.24, 2.45) is 46.3 Å². The van der Waals surface area contributed by atoms with Crippen LogP contribution in [0.5, 0.6) is 0 Å². The van der Waals surface area contributed by atoms with Gasteiger partial charge in [0.05, 0.1) is 51.3 Å². The number of rotatable bonds is 18. The summed E-state index contributed by atoms with van der Waals surface area (Å²) in [5.41, 5.74) is 0.880. The Bertz CT molecular complexity index is 2240. The highest BCUT2D eigenvalue weighted by molar-refractivity contribution is 5.26. The Morgan fingerprint density at radius 3 is 1.73 bits per heavy atom. The zero-order chi connectivity index (χ0) is 61.5. The number of allylic oxidation sites excluding steroid dienone is 1. The summed E-state index contributed by atoms with van der Waals surface area (Å²) < 4.78 is 66.2. The first-order valence-corrected chi connectivity index (χ1v) is 30.4. The van der Waals surface area contributed by atoms with Crippen LogP contribution >= 0.6 is 0 Å². The van der Waals surface area contributed by atoms with Gasteiger partial charge in [-0.1, -0.05) is 39.3 Å². The van der Waals surface area contributed by atoms with E-state index >= 15 is 0 Å². The molecule has 0 amide bonds. The highest BCUT2D eigenvalue weighted by Crippen LogP contribution is 2.70. The Morgan fingerprint density at radius 2 is 1.09 bits per heavy atom. The molecule has 28 heteroatoms. The number of hydrogen-bond acceptors (Lipinski definition) is 28. The average Bonchev–Trinajstić information content (AvgIpc) is 1.60. The lowest BCUT2D eigenvalue weighted by Gasteiger charge is -2.58. The Kier molecular flexibility index (Phi) is 20.6. The summed E-state index contributed by atoms with van der Waals surface area (Å²) in [6, 6.07) is 0. The third kappa shape index (κ3) is 12.2. The average molecular weight is 1230 g/mol. The SMILES string of the molecule is C[C@H](CC[C@]1(O)O[C@H]2C[C@H]3[C@@H]4CC=C5C[C@H](O[C@H]6O[C@@H](CO)[C@H](O[C@H]7O[C@@H](CO)[C@H](O)[C@@H](O[C@H]8O[C@@H](CO)[C@H](O)[C@@H](O)[C@@H]8O)[C@@H]7O)[C@@H](O)[C@@H]6O[C@H]6O[C@@H](C)[C@H](O)[C@@H](O)[C@@H]6O)CC[C@@]5(C)[C@H]4CC[C@@]3(C)[C@H]2[C@@H]1C)CO[C@H]1O[C@@H](CO)[C@H](O)[C@@H](O)[C@@H]1O. The molecule has 3 saturated carbocycles. The normalized spacial score (nSPS) is 54.8. The van der Waals surface area contributed by atoms with Crippen molar-refractivity contribution in [2.45, 2.75) is 264 Å². The smallest absolute Gasteiger partial charge is 0.187 e. The Morgan fingerprint density at radius 1 is 0.553 bits per heavy atom. The summed E-state index contributed by atoms with van der Waals surface area (Å²) in [6.45, 7) is 7.16. The molecular weight excluding hydrogens is 1130 g/mol. The van der Waals surface area contributed by atoms with Crippen LogP contribution in [0.15, 0.2) is 11.6 Å². The lowest BCUT2D eigenvalue weighted by atomic mass is 9.47. The fourth-order valence-electron chi connectivity index (χ4n) is 16.5. The highest BCUT2D eigenvalue weighted by Gasteiger charge is 2.68. The van der Waals surface area contributed by atoms with Crippen molar-refractivity contribution in [1.82, 2.24) is 0 Å². The lowest BCUT2D eigenvalue weighted by Crippen LogP contribution is -2.68. The molecule has 6 heterocycles. The largest absolute Gasteiger partial charge is 0.394 e. The van der Waals surface area contributed by atoms with Gasteiger partial charge in [-0.15, -0.1) is 0 Å². The van der Waals surface area contributed by atoms with Crippen LogP contribution in [0.25, 0.3) is 0 Å². The molecule has 85 heavy (non-hydrogen) atoms. The van der Waals surface area contributed by atoms with E-state index in [-0.39, 0.29) is 41.3 Å². The minimum atomic E-state index is -2.04. The van der Waals surface area contributed by atoms with Gasteiger partial charge in [0.1, 0.15) is 116 Å². The van der Waals surface area contributed by atoms with Crippen LogP contribution in [0.3, 0.4) is 0 Å². The molecule has 6 saturated heterocycles. The van der Waals surface area contributed by atoms with E-state index in [1.807, 2.05) is 6.92 Å². The third-order valence-electron chi connectivity index (χ3n) is 21.6. The van der Waals surface area contributed by atoms with Crippen molar-refractivity contribution < 1.29 is 139 Å². The van der Waals surface area contributed by atoms with Gasteiger partial charge in [0.15, 0.2) is 37.2 Å². The molecule has 10 aliphatic rings. The second kappa shape index (κ2) is 26.3. The molecule has 0 spiro atoms. The lowest BCUT2D eigenvalue weighted by molar-refractivity contribution is -0.396. The van der Waals surface area contributed by atoms with E-state index in [0.29, 0.717) is 43.4 Å². The van der Waals surface area contributed by atoms with Gasteiger partial charge in [0, 0.05) is 12.3 Å². The first kappa shape index (κ1) is 66.5. The number of ether oxygens (including phenoxy) is 11. The molecule has 28 nitrogen and oxygen atoms in total. The standard InChI is InChI=1S/C57H94O28/c1-21(20-75-50-42(69)40(67)36(63)30(16-58)78-50)8-13-57(74)22(2)34-29(85-57)15-28-26-7-6-24-14-25(9-11-55(24,4)27(26)10-12-56(28,34)5)77-54-49(84-51-43(70)39(66)35(62)23(3)76-51)45(72)47(33(19-61)81-54)82-53-46(73)48(38(65)32(18-60)80-53)83-52-44(71)41(68)37(64)31(17-59)79-52/h6,21-23,25-54,58-74H,7-20H2,1-5H3/t21-,22+,23+,25-,26-,27+,28+,29+,30+,31+,32+,33+,34+,35+,36+,37+,38+,39-,40-,41-,42+,43+,44+,45-,46+,47+,48-,49+,50+,51-,52-,53-,54+,55-,56-,57+/m1/s1. The molecule has 9 fully saturated rings. The molecule has 0 aromatic heterocycles. The predicted molar refractivity (Wildman–Crippen MR) is 283 cm³/mol. The maximum atomic E-state index is 12.4. The maximum absolute atomic E-state index is 12.4.